The maximum atomic E-state index is 10.7. The molecule has 0 radical (unpaired) electrons. The van der Waals surface area contributed by atoms with Crippen molar-refractivity contribution < 1.29 is 62.3 Å². The summed E-state index contributed by atoms with van der Waals surface area (Å²) in [6.45, 7) is 0. The van der Waals surface area contributed by atoms with Gasteiger partial charge in [0.25, 0.3) is 0 Å². The van der Waals surface area contributed by atoms with Crippen LogP contribution in [0.3, 0.4) is 0 Å². The summed E-state index contributed by atoms with van der Waals surface area (Å²) in [6, 6.07) is 27.0. The first kappa shape index (κ1) is 32.3. The molecule has 0 fully saturated rings. The fourth-order valence-electron chi connectivity index (χ4n) is 3.47. The van der Waals surface area contributed by atoms with Crippen molar-refractivity contribution >= 4 is 42.0 Å². The van der Waals surface area contributed by atoms with Crippen LogP contribution in [0.1, 0.15) is 0 Å². The van der Waals surface area contributed by atoms with Crippen LogP contribution < -0.4 is 9.97 Å². The number of benzene rings is 2. The number of pyridine rings is 3. The molecule has 0 saturated heterocycles. The Morgan fingerprint density at radius 2 is 0.857 bits per heavy atom. The van der Waals surface area contributed by atoms with E-state index in [1.54, 1.807) is 0 Å². The average Bonchev–Trinajstić information content (AvgIpc) is 2.91. The third kappa shape index (κ3) is 7.96. The molecule has 9 nitrogen and oxygen atoms in total. The standard InChI is InChI=1S/C23H15N3.2CHF3O3S/c1-6-16-8-4-14-24-22(16)18(10-1)20-12-3-13-21(26-20)19-11-2-7-17-9-5-15-25-23(17)19;2*2-1(3,4)8(5,6)7/h1-15H;2*(H,5,6,7). The molecule has 5 aromatic rings. The van der Waals surface area contributed by atoms with Crippen molar-refractivity contribution in [2.75, 3.05) is 0 Å². The Kier molecular flexibility index (Phi) is 9.51. The topological polar surface area (TPSA) is 156 Å². The van der Waals surface area contributed by atoms with Gasteiger partial charge in [-0.15, -0.1) is 0 Å². The minimum Gasteiger partial charge on any atom is -0.741 e. The Balaban J connectivity index is 0.000000252. The molecule has 0 spiro atoms. The van der Waals surface area contributed by atoms with Gasteiger partial charge in [-0.25, -0.2) is 31.8 Å². The molecule has 17 heteroatoms. The fourth-order valence-corrected chi connectivity index (χ4v) is 3.47. The van der Waals surface area contributed by atoms with Crippen molar-refractivity contribution in [3.8, 4) is 22.5 Å². The second-order valence-corrected chi connectivity index (χ2v) is 10.8. The minimum atomic E-state index is -6.09. The summed E-state index contributed by atoms with van der Waals surface area (Å²) >= 11 is 0. The predicted octanol–water partition coefficient (Wildman–Crippen LogP) is 4.45. The lowest BCUT2D eigenvalue weighted by Crippen LogP contribution is -2.21. The van der Waals surface area contributed by atoms with Gasteiger partial charge in [0, 0.05) is 22.9 Å². The first-order chi connectivity index (χ1) is 19.4. The quantitative estimate of drug-likeness (QED) is 0.158. The van der Waals surface area contributed by atoms with E-state index in [2.05, 4.69) is 76.7 Å². The van der Waals surface area contributed by atoms with Crippen molar-refractivity contribution in [1.82, 2.24) is 4.98 Å². The average molecular weight is 634 g/mol. The van der Waals surface area contributed by atoms with Crippen LogP contribution in [0.25, 0.3) is 44.3 Å². The van der Waals surface area contributed by atoms with Crippen LogP contribution in [0, 0.1) is 0 Å². The van der Waals surface area contributed by atoms with Gasteiger partial charge in [0.1, 0.15) is 0 Å². The number of halogens is 6. The van der Waals surface area contributed by atoms with Crippen molar-refractivity contribution in [1.29, 1.82) is 0 Å². The lowest BCUT2D eigenvalue weighted by Gasteiger charge is -2.08. The van der Waals surface area contributed by atoms with Crippen molar-refractivity contribution in [2.24, 2.45) is 0 Å². The highest BCUT2D eigenvalue weighted by molar-refractivity contribution is 7.86. The van der Waals surface area contributed by atoms with Gasteiger partial charge in [-0.3, -0.25) is 0 Å². The fraction of sp³-hybridized carbons (Fsp3) is 0.0800. The van der Waals surface area contributed by atoms with Crippen LogP contribution in [0.2, 0.25) is 0 Å². The molecule has 3 aromatic heterocycles. The third-order valence-corrected chi connectivity index (χ3v) is 6.39. The number of para-hydroxylation sites is 2. The van der Waals surface area contributed by atoms with E-state index >= 15 is 0 Å². The zero-order valence-electron chi connectivity index (χ0n) is 20.6. The smallest absolute Gasteiger partial charge is 0.485 e. The Labute approximate surface area is 234 Å². The summed E-state index contributed by atoms with van der Waals surface area (Å²) in [4.78, 5) is 11.7. The number of nitrogens with one attached hydrogen (secondary N) is 2. The molecule has 2 N–H and O–H groups in total. The number of hydrogen-bond acceptors (Lipinski definition) is 7. The summed E-state index contributed by atoms with van der Waals surface area (Å²) in [5.74, 6) is 0. The number of hydrogen-bond donors (Lipinski definition) is 0. The van der Waals surface area contributed by atoms with E-state index in [-0.39, 0.29) is 0 Å². The zero-order valence-corrected chi connectivity index (χ0v) is 22.3. The molecule has 0 amide bonds. The number of fused-ring (bicyclic) bond motifs is 2. The molecule has 0 aliphatic heterocycles. The highest BCUT2D eigenvalue weighted by Gasteiger charge is 2.37. The highest BCUT2D eigenvalue weighted by atomic mass is 32.2. The second-order valence-electron chi connectivity index (χ2n) is 8.09. The van der Waals surface area contributed by atoms with Gasteiger partial charge in [-0.2, -0.15) is 26.3 Å². The molecular weight excluding hydrogens is 616 g/mol. The Morgan fingerprint density at radius 3 is 1.19 bits per heavy atom. The Hall–Kier alpha value is -4.19. The highest BCUT2D eigenvalue weighted by Crippen LogP contribution is 2.29. The maximum Gasteiger partial charge on any atom is 0.485 e. The van der Waals surface area contributed by atoms with E-state index in [0.717, 1.165) is 33.5 Å². The summed E-state index contributed by atoms with van der Waals surface area (Å²) in [6.07, 6.45) is 3.91. The van der Waals surface area contributed by atoms with Gasteiger partial charge in [-0.05, 0) is 48.5 Å². The Bertz CT molecular complexity index is 1790. The maximum absolute atomic E-state index is 10.7. The van der Waals surface area contributed by atoms with E-state index in [4.69, 9.17) is 30.9 Å². The van der Waals surface area contributed by atoms with Crippen molar-refractivity contribution in [2.45, 2.75) is 11.0 Å². The van der Waals surface area contributed by atoms with Crippen molar-refractivity contribution in [3.05, 3.63) is 91.3 Å². The number of nitrogens with zero attached hydrogens (tertiary/aromatic N) is 1. The number of alkyl halides is 6. The largest absolute Gasteiger partial charge is 0.741 e. The number of aromatic nitrogens is 3. The van der Waals surface area contributed by atoms with Crippen LogP contribution in [0.15, 0.2) is 91.3 Å². The van der Waals surface area contributed by atoms with Crippen LogP contribution in [0.4, 0.5) is 26.3 Å². The summed E-state index contributed by atoms with van der Waals surface area (Å²) in [7, 11) is -12.2. The molecule has 3 heterocycles. The van der Waals surface area contributed by atoms with Gasteiger partial charge >= 0.3 is 11.0 Å². The Morgan fingerprint density at radius 1 is 0.548 bits per heavy atom. The molecular formula is C25H17F6N3O6S2. The molecule has 0 unspecified atom stereocenters. The monoisotopic (exact) mass is 633 g/mol. The molecule has 2 aromatic carbocycles. The van der Waals surface area contributed by atoms with E-state index in [1.165, 1.54) is 10.8 Å². The van der Waals surface area contributed by atoms with E-state index in [0.29, 0.717) is 0 Å². The van der Waals surface area contributed by atoms with Crippen LogP contribution in [0.5, 0.6) is 0 Å². The number of H-pyrrole nitrogens is 2. The van der Waals surface area contributed by atoms with Gasteiger partial charge in [0.2, 0.25) is 11.0 Å². The number of aromatic amines is 2. The molecule has 5 rings (SSSR count). The lowest BCUT2D eigenvalue weighted by atomic mass is 10.0. The molecule has 42 heavy (non-hydrogen) atoms. The minimum absolute atomic E-state index is 0.962. The summed E-state index contributed by atoms with van der Waals surface area (Å²) < 4.78 is 118. The van der Waals surface area contributed by atoms with E-state index < -0.39 is 31.3 Å². The molecule has 0 aliphatic carbocycles. The molecule has 0 atom stereocenters. The molecule has 0 saturated carbocycles. The van der Waals surface area contributed by atoms with E-state index in [1.807, 2.05) is 24.5 Å². The van der Waals surface area contributed by atoms with Gasteiger partial charge in [0.05, 0.1) is 22.5 Å². The number of rotatable bonds is 2. The first-order valence-corrected chi connectivity index (χ1v) is 14.0. The first-order valence-electron chi connectivity index (χ1n) is 11.2. The predicted molar refractivity (Wildman–Crippen MR) is 135 cm³/mol. The summed E-state index contributed by atoms with van der Waals surface area (Å²) in [5.41, 5.74) is -4.96. The van der Waals surface area contributed by atoms with Gasteiger partial charge in [-0.1, -0.05) is 18.2 Å². The lowest BCUT2D eigenvalue weighted by molar-refractivity contribution is -0.344. The van der Waals surface area contributed by atoms with E-state index in [9.17, 15) is 26.3 Å². The van der Waals surface area contributed by atoms with Gasteiger partial charge < -0.3 is 9.11 Å². The zero-order chi connectivity index (χ0) is 31.3. The second kappa shape index (κ2) is 12.4. The van der Waals surface area contributed by atoms with Crippen LogP contribution in [-0.4, -0.2) is 41.9 Å². The normalized spacial score (nSPS) is 12.2. The molecule has 0 aliphatic rings. The van der Waals surface area contributed by atoms with Crippen molar-refractivity contribution in [3.63, 3.8) is 0 Å². The van der Waals surface area contributed by atoms with Crippen LogP contribution in [-0.2, 0) is 20.2 Å². The van der Waals surface area contributed by atoms with Gasteiger partial charge in [0.15, 0.2) is 32.6 Å². The summed E-state index contributed by atoms with van der Waals surface area (Å²) in [5, 5.41) is 2.35. The third-order valence-electron chi connectivity index (χ3n) is 5.26. The molecule has 0 bridgehead atoms. The molecule has 222 valence electrons. The van der Waals surface area contributed by atoms with Crippen LogP contribution >= 0.6 is 0 Å². The SMILES string of the molecule is O=S(=O)([O-])C(F)(F)F.O=S(=O)([O-])C(F)(F)F.c1cc(-c2cccc3ccc[nH+]c23)nc(-c2cccc3ccc[nH+]c23)c1.